The predicted molar refractivity (Wildman–Crippen MR) is 136 cm³/mol. The summed E-state index contributed by atoms with van der Waals surface area (Å²) in [6, 6.07) is 29.0. The van der Waals surface area contributed by atoms with E-state index >= 15 is 0 Å². The average Bonchev–Trinajstić information content (AvgIpc) is 2.82. The molecule has 0 heterocycles. The van der Waals surface area contributed by atoms with Crippen LogP contribution in [0.25, 0.3) is 10.8 Å². The number of benzene rings is 4. The summed E-state index contributed by atoms with van der Waals surface area (Å²) in [5.74, 6) is 0.843. The Labute approximate surface area is 200 Å². The van der Waals surface area contributed by atoms with Crippen LogP contribution in [0.4, 0.5) is 0 Å². The van der Waals surface area contributed by atoms with Crippen molar-refractivity contribution in [3.8, 4) is 5.75 Å². The quantitative estimate of drug-likeness (QED) is 0.269. The Balaban J connectivity index is 1.63. The van der Waals surface area contributed by atoms with Gasteiger partial charge in [0.2, 0.25) is 0 Å². The summed E-state index contributed by atoms with van der Waals surface area (Å²) in [5, 5.41) is 7.39. The van der Waals surface area contributed by atoms with Crippen molar-refractivity contribution in [3.05, 3.63) is 112 Å². The summed E-state index contributed by atoms with van der Waals surface area (Å²) < 4.78 is 6.28. The topological polar surface area (TPSA) is 21.3 Å². The van der Waals surface area contributed by atoms with Crippen LogP contribution in [0.15, 0.2) is 84.9 Å². The molecule has 4 heteroatoms. The van der Waals surface area contributed by atoms with Crippen LogP contribution in [0.3, 0.4) is 0 Å². The maximum atomic E-state index is 6.36. The van der Waals surface area contributed by atoms with Crippen LogP contribution in [-0.4, -0.2) is 0 Å². The Hall–Kier alpha value is -2.52. The second-order valence-electron chi connectivity index (χ2n) is 7.89. The highest BCUT2D eigenvalue weighted by Crippen LogP contribution is 2.32. The van der Waals surface area contributed by atoms with E-state index in [1.54, 1.807) is 0 Å². The van der Waals surface area contributed by atoms with Crippen LogP contribution in [0, 0.1) is 0 Å². The normalized spacial score (nSPS) is 12.1. The molecular formula is C28H27Cl2NO. The SMILES string of the molecule is CCCC(NCc1c(OCc2c(Cl)cccc2Cl)ccc2ccccc12)c1ccccc1. The van der Waals surface area contributed by atoms with Crippen LogP contribution in [-0.2, 0) is 13.2 Å². The van der Waals surface area contributed by atoms with Crippen LogP contribution in [0.1, 0.15) is 42.5 Å². The van der Waals surface area contributed by atoms with Gasteiger partial charge in [0, 0.05) is 33.8 Å². The van der Waals surface area contributed by atoms with Gasteiger partial charge >= 0.3 is 0 Å². The largest absolute Gasteiger partial charge is 0.488 e. The Morgan fingerprint density at radius 3 is 2.25 bits per heavy atom. The highest BCUT2D eigenvalue weighted by atomic mass is 35.5. The molecule has 0 amide bonds. The summed E-state index contributed by atoms with van der Waals surface area (Å²) in [6.45, 7) is 3.24. The lowest BCUT2D eigenvalue weighted by molar-refractivity contribution is 0.302. The lowest BCUT2D eigenvalue weighted by Gasteiger charge is -2.21. The summed E-state index contributed by atoms with van der Waals surface area (Å²) >= 11 is 12.7. The van der Waals surface area contributed by atoms with Crippen LogP contribution < -0.4 is 10.1 Å². The lowest BCUT2D eigenvalue weighted by atomic mass is 10.00. The van der Waals surface area contributed by atoms with Gasteiger partial charge in [0.1, 0.15) is 12.4 Å². The van der Waals surface area contributed by atoms with Crippen molar-refractivity contribution in [1.29, 1.82) is 0 Å². The first kappa shape index (κ1) is 22.7. The minimum atomic E-state index is 0.283. The summed E-state index contributed by atoms with van der Waals surface area (Å²) in [7, 11) is 0. The minimum absolute atomic E-state index is 0.283. The summed E-state index contributed by atoms with van der Waals surface area (Å²) in [4.78, 5) is 0. The highest BCUT2D eigenvalue weighted by molar-refractivity contribution is 6.35. The van der Waals surface area contributed by atoms with E-state index in [1.807, 2.05) is 24.3 Å². The molecule has 0 aromatic heterocycles. The van der Waals surface area contributed by atoms with E-state index < -0.39 is 0 Å². The zero-order chi connectivity index (χ0) is 22.3. The molecule has 0 saturated heterocycles. The fraction of sp³-hybridized carbons (Fsp3) is 0.214. The van der Waals surface area contributed by atoms with E-state index in [-0.39, 0.29) is 6.04 Å². The highest BCUT2D eigenvalue weighted by Gasteiger charge is 2.15. The van der Waals surface area contributed by atoms with Gasteiger partial charge in [-0.05, 0) is 41.0 Å². The Kier molecular flexibility index (Phi) is 7.70. The Morgan fingerprint density at radius 1 is 0.781 bits per heavy atom. The van der Waals surface area contributed by atoms with E-state index in [4.69, 9.17) is 27.9 Å². The number of halogens is 2. The van der Waals surface area contributed by atoms with Crippen LogP contribution in [0.5, 0.6) is 5.75 Å². The first-order valence-corrected chi connectivity index (χ1v) is 11.8. The molecule has 0 fully saturated rings. The first-order valence-electron chi connectivity index (χ1n) is 11.0. The third-order valence-electron chi connectivity index (χ3n) is 5.74. The zero-order valence-corrected chi connectivity index (χ0v) is 19.7. The molecule has 0 saturated carbocycles. The van der Waals surface area contributed by atoms with Crippen molar-refractivity contribution < 1.29 is 4.74 Å². The van der Waals surface area contributed by atoms with E-state index in [0.717, 1.165) is 29.7 Å². The smallest absolute Gasteiger partial charge is 0.124 e. The van der Waals surface area contributed by atoms with E-state index in [9.17, 15) is 0 Å². The van der Waals surface area contributed by atoms with Gasteiger partial charge in [-0.3, -0.25) is 0 Å². The maximum absolute atomic E-state index is 6.36. The molecule has 0 bridgehead atoms. The molecule has 0 aliphatic carbocycles. The van der Waals surface area contributed by atoms with Gasteiger partial charge in [0.25, 0.3) is 0 Å². The van der Waals surface area contributed by atoms with Gasteiger partial charge in [-0.1, -0.05) is 103 Å². The molecule has 0 spiro atoms. The van der Waals surface area contributed by atoms with E-state index in [0.29, 0.717) is 23.2 Å². The van der Waals surface area contributed by atoms with Crippen molar-refractivity contribution in [3.63, 3.8) is 0 Å². The molecule has 0 radical (unpaired) electrons. The third kappa shape index (κ3) is 5.27. The van der Waals surface area contributed by atoms with Gasteiger partial charge in [0.15, 0.2) is 0 Å². The average molecular weight is 464 g/mol. The lowest BCUT2D eigenvalue weighted by Crippen LogP contribution is -2.21. The first-order chi connectivity index (χ1) is 15.7. The summed E-state index contributed by atoms with van der Waals surface area (Å²) in [5.41, 5.74) is 3.25. The number of fused-ring (bicyclic) bond motifs is 1. The second kappa shape index (κ2) is 10.9. The molecule has 0 aliphatic rings. The number of nitrogens with one attached hydrogen (secondary N) is 1. The Bertz CT molecular complexity index is 1160. The number of hydrogen-bond donors (Lipinski definition) is 1. The summed E-state index contributed by atoms with van der Waals surface area (Å²) in [6.07, 6.45) is 2.18. The second-order valence-corrected chi connectivity index (χ2v) is 8.70. The van der Waals surface area contributed by atoms with Gasteiger partial charge in [-0.2, -0.15) is 0 Å². The molecule has 2 nitrogen and oxygen atoms in total. The van der Waals surface area contributed by atoms with E-state index in [2.05, 4.69) is 72.9 Å². The fourth-order valence-electron chi connectivity index (χ4n) is 4.04. The fourth-order valence-corrected chi connectivity index (χ4v) is 4.55. The van der Waals surface area contributed by atoms with Crippen LogP contribution in [0.2, 0.25) is 10.0 Å². The molecular weight excluding hydrogens is 437 g/mol. The van der Waals surface area contributed by atoms with Crippen molar-refractivity contribution in [2.75, 3.05) is 0 Å². The van der Waals surface area contributed by atoms with E-state index in [1.165, 1.54) is 16.3 Å². The van der Waals surface area contributed by atoms with Gasteiger partial charge in [-0.15, -0.1) is 0 Å². The van der Waals surface area contributed by atoms with Gasteiger partial charge < -0.3 is 10.1 Å². The van der Waals surface area contributed by atoms with Crippen LogP contribution >= 0.6 is 23.2 Å². The van der Waals surface area contributed by atoms with Gasteiger partial charge in [-0.25, -0.2) is 0 Å². The van der Waals surface area contributed by atoms with Gasteiger partial charge in [0.05, 0.1) is 0 Å². The molecule has 1 N–H and O–H groups in total. The number of rotatable bonds is 9. The number of ether oxygens (including phenoxy) is 1. The Morgan fingerprint density at radius 2 is 1.50 bits per heavy atom. The molecule has 164 valence electrons. The molecule has 4 aromatic rings. The maximum Gasteiger partial charge on any atom is 0.124 e. The molecule has 32 heavy (non-hydrogen) atoms. The van der Waals surface area contributed by atoms with Crippen molar-refractivity contribution >= 4 is 34.0 Å². The van der Waals surface area contributed by atoms with Crippen molar-refractivity contribution in [2.24, 2.45) is 0 Å². The van der Waals surface area contributed by atoms with Crippen molar-refractivity contribution in [2.45, 2.75) is 39.0 Å². The molecule has 1 unspecified atom stereocenters. The zero-order valence-electron chi connectivity index (χ0n) is 18.2. The monoisotopic (exact) mass is 463 g/mol. The predicted octanol–water partition coefficient (Wildman–Crippen LogP) is 8.36. The third-order valence-corrected chi connectivity index (χ3v) is 6.44. The molecule has 1 atom stereocenters. The molecule has 0 aliphatic heterocycles. The molecule has 4 rings (SSSR count). The van der Waals surface area contributed by atoms with Crippen molar-refractivity contribution in [1.82, 2.24) is 5.32 Å². The number of hydrogen-bond acceptors (Lipinski definition) is 2. The minimum Gasteiger partial charge on any atom is -0.488 e. The molecule has 4 aromatic carbocycles. The standard InChI is InChI=1S/C28H27Cl2NO/c1-2-9-27(21-11-4-3-5-12-21)31-18-23-22-13-7-6-10-20(22)16-17-28(23)32-19-24-25(29)14-8-15-26(24)30/h3-8,10-17,27,31H,2,9,18-19H2,1H3.